The molecule has 1 atom stereocenters. The third-order valence-electron chi connectivity index (χ3n) is 3.92. The molecule has 1 saturated heterocycles. The van der Waals surface area contributed by atoms with E-state index in [1.807, 2.05) is 12.1 Å². The van der Waals surface area contributed by atoms with E-state index in [0.717, 1.165) is 44.0 Å². The topological polar surface area (TPSA) is 64.8 Å². The normalized spacial score (nSPS) is 22.5. The Bertz CT molecular complexity index is 504. The molecule has 0 radical (unpaired) electrons. The molecule has 1 unspecified atom stereocenters. The van der Waals surface area contributed by atoms with Crippen LogP contribution in [0.1, 0.15) is 18.4 Å². The number of primary amides is 1. The van der Waals surface area contributed by atoms with E-state index in [-0.39, 0.29) is 11.8 Å². The molecule has 1 amide bonds. The number of rotatable bonds is 3. The summed E-state index contributed by atoms with van der Waals surface area (Å²) >= 11 is 0. The lowest BCUT2D eigenvalue weighted by Crippen LogP contribution is -2.40. The summed E-state index contributed by atoms with van der Waals surface area (Å²) in [5.74, 6) is 1.43. The number of fused-ring (bicyclic) bond motifs is 1. The van der Waals surface area contributed by atoms with E-state index in [2.05, 4.69) is 11.0 Å². The maximum atomic E-state index is 11.3. The lowest BCUT2D eigenvalue weighted by molar-refractivity contribution is -0.123. The molecular formula is C15H20N2O3. The van der Waals surface area contributed by atoms with E-state index < -0.39 is 0 Å². The maximum absolute atomic E-state index is 11.3. The fourth-order valence-corrected chi connectivity index (χ4v) is 2.88. The first kappa shape index (κ1) is 13.2. The van der Waals surface area contributed by atoms with Crippen LogP contribution in [0.2, 0.25) is 0 Å². The van der Waals surface area contributed by atoms with Gasteiger partial charge in [-0.05, 0) is 37.1 Å². The smallest absolute Gasteiger partial charge is 0.221 e. The van der Waals surface area contributed by atoms with E-state index in [0.29, 0.717) is 13.2 Å². The number of amides is 1. The standard InChI is InChI=1S/C15H20N2O3/c16-15(18)12-2-1-5-17(10-12)9-11-3-4-13-14(8-11)20-7-6-19-13/h3-4,8,12H,1-2,5-7,9-10H2,(H2,16,18). The summed E-state index contributed by atoms with van der Waals surface area (Å²) in [6.45, 7) is 3.80. The van der Waals surface area contributed by atoms with Gasteiger partial charge in [-0.1, -0.05) is 6.07 Å². The molecule has 5 nitrogen and oxygen atoms in total. The minimum absolute atomic E-state index is 0.0130. The number of nitrogens with zero attached hydrogens (tertiary/aromatic N) is 1. The first-order chi connectivity index (χ1) is 9.72. The van der Waals surface area contributed by atoms with Gasteiger partial charge in [-0.2, -0.15) is 0 Å². The number of likely N-dealkylation sites (tertiary alicyclic amines) is 1. The van der Waals surface area contributed by atoms with Crippen LogP contribution >= 0.6 is 0 Å². The van der Waals surface area contributed by atoms with Crippen molar-refractivity contribution in [1.29, 1.82) is 0 Å². The van der Waals surface area contributed by atoms with Gasteiger partial charge < -0.3 is 15.2 Å². The van der Waals surface area contributed by atoms with E-state index in [1.54, 1.807) is 0 Å². The van der Waals surface area contributed by atoms with Crippen molar-refractivity contribution in [2.24, 2.45) is 11.7 Å². The number of hydrogen-bond acceptors (Lipinski definition) is 4. The molecule has 1 fully saturated rings. The summed E-state index contributed by atoms with van der Waals surface area (Å²) < 4.78 is 11.1. The Balaban J connectivity index is 1.66. The molecule has 2 heterocycles. The van der Waals surface area contributed by atoms with Crippen LogP contribution in [0.15, 0.2) is 18.2 Å². The number of hydrogen-bond donors (Lipinski definition) is 1. The van der Waals surface area contributed by atoms with Gasteiger partial charge in [0.05, 0.1) is 5.92 Å². The van der Waals surface area contributed by atoms with E-state index in [1.165, 1.54) is 5.56 Å². The molecule has 20 heavy (non-hydrogen) atoms. The number of benzene rings is 1. The molecule has 0 bridgehead atoms. The van der Waals surface area contributed by atoms with Gasteiger partial charge >= 0.3 is 0 Å². The van der Waals surface area contributed by atoms with Crippen molar-refractivity contribution in [2.45, 2.75) is 19.4 Å². The largest absolute Gasteiger partial charge is 0.486 e. The molecule has 2 N–H and O–H groups in total. The molecule has 5 heteroatoms. The highest BCUT2D eigenvalue weighted by Gasteiger charge is 2.24. The zero-order valence-electron chi connectivity index (χ0n) is 11.5. The second kappa shape index (κ2) is 5.71. The lowest BCUT2D eigenvalue weighted by Gasteiger charge is -2.31. The highest BCUT2D eigenvalue weighted by molar-refractivity contribution is 5.76. The molecule has 0 aliphatic carbocycles. The molecule has 2 aliphatic heterocycles. The van der Waals surface area contributed by atoms with Gasteiger partial charge in [0.15, 0.2) is 11.5 Å². The fraction of sp³-hybridized carbons (Fsp3) is 0.533. The highest BCUT2D eigenvalue weighted by Crippen LogP contribution is 2.31. The van der Waals surface area contributed by atoms with Gasteiger partial charge in [-0.15, -0.1) is 0 Å². The number of carbonyl (C=O) groups is 1. The van der Waals surface area contributed by atoms with Crippen LogP contribution in [-0.4, -0.2) is 37.1 Å². The predicted octanol–water partition coefficient (Wildman–Crippen LogP) is 1.16. The van der Waals surface area contributed by atoms with Gasteiger partial charge in [0.1, 0.15) is 13.2 Å². The van der Waals surface area contributed by atoms with Crippen molar-refractivity contribution in [3.8, 4) is 11.5 Å². The first-order valence-corrected chi connectivity index (χ1v) is 7.12. The van der Waals surface area contributed by atoms with Crippen molar-refractivity contribution in [3.63, 3.8) is 0 Å². The number of ether oxygens (including phenoxy) is 2. The molecule has 0 spiro atoms. The summed E-state index contributed by atoms with van der Waals surface area (Å²) in [4.78, 5) is 13.6. The van der Waals surface area contributed by atoms with Crippen LogP contribution in [0, 0.1) is 5.92 Å². The molecule has 3 rings (SSSR count). The highest BCUT2D eigenvalue weighted by atomic mass is 16.6. The first-order valence-electron chi connectivity index (χ1n) is 7.12. The number of piperidine rings is 1. The zero-order valence-corrected chi connectivity index (χ0v) is 11.5. The quantitative estimate of drug-likeness (QED) is 0.899. The lowest BCUT2D eigenvalue weighted by atomic mass is 9.97. The molecule has 0 aromatic heterocycles. The third-order valence-corrected chi connectivity index (χ3v) is 3.92. The average Bonchev–Trinajstić information content (AvgIpc) is 2.47. The Morgan fingerprint density at radius 2 is 2.10 bits per heavy atom. The van der Waals surface area contributed by atoms with Gasteiger partial charge in [0.25, 0.3) is 0 Å². The second-order valence-corrected chi connectivity index (χ2v) is 5.45. The molecule has 1 aromatic carbocycles. The monoisotopic (exact) mass is 276 g/mol. The SMILES string of the molecule is NC(=O)C1CCCN(Cc2ccc3c(c2)OCCO3)C1. The summed E-state index contributed by atoms with van der Waals surface area (Å²) in [7, 11) is 0. The molecule has 108 valence electrons. The van der Waals surface area contributed by atoms with Crippen molar-refractivity contribution in [2.75, 3.05) is 26.3 Å². The van der Waals surface area contributed by atoms with Crippen LogP contribution in [0.3, 0.4) is 0 Å². The molecule has 2 aliphatic rings. The average molecular weight is 276 g/mol. The summed E-state index contributed by atoms with van der Waals surface area (Å²) in [5, 5.41) is 0. The molecule has 1 aromatic rings. The third kappa shape index (κ3) is 2.88. The van der Waals surface area contributed by atoms with Gasteiger partial charge in [0.2, 0.25) is 5.91 Å². The minimum atomic E-state index is -0.183. The van der Waals surface area contributed by atoms with Gasteiger partial charge in [-0.25, -0.2) is 0 Å². The van der Waals surface area contributed by atoms with Crippen molar-refractivity contribution in [1.82, 2.24) is 4.90 Å². The minimum Gasteiger partial charge on any atom is -0.486 e. The Morgan fingerprint density at radius 3 is 2.90 bits per heavy atom. The fourth-order valence-electron chi connectivity index (χ4n) is 2.88. The van der Waals surface area contributed by atoms with Crippen molar-refractivity contribution < 1.29 is 14.3 Å². The van der Waals surface area contributed by atoms with Crippen LogP contribution in [0.4, 0.5) is 0 Å². The summed E-state index contributed by atoms with van der Waals surface area (Å²) in [6, 6.07) is 6.04. The van der Waals surface area contributed by atoms with Gasteiger partial charge in [-0.3, -0.25) is 9.69 Å². The predicted molar refractivity (Wildman–Crippen MR) is 74.6 cm³/mol. The molecule has 0 saturated carbocycles. The Morgan fingerprint density at radius 1 is 1.30 bits per heavy atom. The van der Waals surface area contributed by atoms with Crippen molar-refractivity contribution in [3.05, 3.63) is 23.8 Å². The van der Waals surface area contributed by atoms with Crippen LogP contribution in [0.5, 0.6) is 11.5 Å². The van der Waals surface area contributed by atoms with Crippen molar-refractivity contribution >= 4 is 5.91 Å². The second-order valence-electron chi connectivity index (χ2n) is 5.45. The van der Waals surface area contributed by atoms with Crippen LogP contribution in [-0.2, 0) is 11.3 Å². The van der Waals surface area contributed by atoms with Crippen LogP contribution < -0.4 is 15.2 Å². The Hall–Kier alpha value is -1.75. The summed E-state index contributed by atoms with van der Waals surface area (Å²) in [6.07, 6.45) is 1.94. The van der Waals surface area contributed by atoms with E-state index in [9.17, 15) is 4.79 Å². The van der Waals surface area contributed by atoms with E-state index in [4.69, 9.17) is 15.2 Å². The van der Waals surface area contributed by atoms with Gasteiger partial charge in [0, 0.05) is 13.1 Å². The zero-order chi connectivity index (χ0) is 13.9. The number of nitrogens with two attached hydrogens (primary N) is 1. The Labute approximate surface area is 118 Å². The van der Waals surface area contributed by atoms with E-state index >= 15 is 0 Å². The summed E-state index contributed by atoms with van der Waals surface area (Å²) in [5.41, 5.74) is 6.59. The molecular weight excluding hydrogens is 256 g/mol. The maximum Gasteiger partial charge on any atom is 0.221 e. The Kier molecular flexibility index (Phi) is 3.78. The van der Waals surface area contributed by atoms with Crippen LogP contribution in [0.25, 0.3) is 0 Å². The number of carbonyl (C=O) groups excluding carboxylic acids is 1.